The third-order valence-corrected chi connectivity index (χ3v) is 4.00. The van der Waals surface area contributed by atoms with Crippen LogP contribution in [0, 0.1) is 0 Å². The number of H-pyrrole nitrogens is 1. The van der Waals surface area contributed by atoms with Gasteiger partial charge in [0.1, 0.15) is 5.75 Å². The molecule has 0 amide bonds. The summed E-state index contributed by atoms with van der Waals surface area (Å²) in [6, 6.07) is 10.2. The Labute approximate surface area is 135 Å². The first kappa shape index (κ1) is 16.3. The van der Waals surface area contributed by atoms with Gasteiger partial charge in [0.15, 0.2) is 5.82 Å². The van der Waals surface area contributed by atoms with E-state index in [-0.39, 0.29) is 0 Å². The monoisotopic (exact) mass is 336 g/mol. The van der Waals surface area contributed by atoms with Crippen LogP contribution in [0.15, 0.2) is 42.5 Å². The number of phenolic OH excluding ortho intramolecular Hbond substituents is 1. The smallest absolute Gasteiger partial charge is 0.429 e. The highest BCUT2D eigenvalue weighted by Gasteiger charge is 2.59. The summed E-state index contributed by atoms with van der Waals surface area (Å²) in [4.78, 5) is 6.40. The number of phenols is 1. The molecule has 7 heteroatoms. The van der Waals surface area contributed by atoms with Crippen LogP contribution in [0.3, 0.4) is 0 Å². The first-order valence-electron chi connectivity index (χ1n) is 7.34. The van der Waals surface area contributed by atoms with Gasteiger partial charge in [-0.15, -0.1) is 0 Å². The average molecular weight is 336 g/mol. The Kier molecular flexibility index (Phi) is 3.76. The zero-order valence-corrected chi connectivity index (χ0v) is 12.7. The van der Waals surface area contributed by atoms with Crippen molar-refractivity contribution >= 4 is 11.0 Å². The number of aromatic hydroxyl groups is 1. The number of nitrogens with zero attached hydrogens (tertiary/aromatic N) is 1. The van der Waals surface area contributed by atoms with Crippen molar-refractivity contribution in [3.05, 3.63) is 59.4 Å². The molecule has 126 valence electrons. The summed E-state index contributed by atoms with van der Waals surface area (Å²) in [5.41, 5.74) is -2.88. The molecule has 0 bridgehead atoms. The van der Waals surface area contributed by atoms with Gasteiger partial charge in [-0.25, -0.2) is 4.98 Å². The number of nitrogens with one attached hydrogen (secondary N) is 1. The summed E-state index contributed by atoms with van der Waals surface area (Å²) in [5, 5.41) is 20.6. The minimum Gasteiger partial charge on any atom is -0.508 e. The minimum atomic E-state index is -5.08. The van der Waals surface area contributed by atoms with Gasteiger partial charge in [0.05, 0.1) is 11.0 Å². The molecule has 0 radical (unpaired) electrons. The average Bonchev–Trinajstić information content (AvgIpc) is 2.98. The number of halogens is 3. The van der Waals surface area contributed by atoms with Gasteiger partial charge in [0.25, 0.3) is 0 Å². The van der Waals surface area contributed by atoms with Crippen LogP contribution in [0.4, 0.5) is 13.2 Å². The maximum atomic E-state index is 13.8. The van der Waals surface area contributed by atoms with Crippen LogP contribution in [-0.2, 0) is 12.0 Å². The van der Waals surface area contributed by atoms with Crippen LogP contribution >= 0.6 is 0 Å². The Morgan fingerprint density at radius 1 is 1.12 bits per heavy atom. The Hall–Kier alpha value is -2.54. The minimum absolute atomic E-state index is 0.293. The number of imidazole rings is 1. The van der Waals surface area contributed by atoms with Crippen LogP contribution < -0.4 is 0 Å². The summed E-state index contributed by atoms with van der Waals surface area (Å²) in [5.74, 6) is -1.33. The number of fused-ring (bicyclic) bond motifs is 1. The second-order valence-corrected chi connectivity index (χ2v) is 5.52. The van der Waals surface area contributed by atoms with E-state index in [1.807, 2.05) is 0 Å². The summed E-state index contributed by atoms with van der Waals surface area (Å²) in [6.07, 6.45) is -4.62. The number of para-hydroxylation sites is 2. The van der Waals surface area contributed by atoms with Crippen molar-refractivity contribution in [1.82, 2.24) is 9.97 Å². The van der Waals surface area contributed by atoms with Crippen molar-refractivity contribution in [3.8, 4) is 5.75 Å². The molecule has 1 heterocycles. The molecular weight excluding hydrogens is 321 g/mol. The third-order valence-electron chi connectivity index (χ3n) is 4.00. The Morgan fingerprint density at radius 3 is 2.46 bits per heavy atom. The SMILES string of the molecule is CCc1ccc(O)c([C@](O)(c2nc3ccccc3[nH]2)C(F)(F)F)c1. The molecule has 0 saturated carbocycles. The first-order chi connectivity index (χ1) is 11.3. The molecule has 0 unspecified atom stereocenters. The molecule has 3 aromatic rings. The molecule has 1 atom stereocenters. The van der Waals surface area contributed by atoms with Gasteiger partial charge in [0, 0.05) is 5.56 Å². The molecule has 4 nitrogen and oxygen atoms in total. The molecule has 0 aliphatic heterocycles. The van der Waals surface area contributed by atoms with Gasteiger partial charge in [-0.1, -0.05) is 25.1 Å². The van der Waals surface area contributed by atoms with E-state index in [1.54, 1.807) is 25.1 Å². The van der Waals surface area contributed by atoms with Crippen molar-refractivity contribution in [2.24, 2.45) is 0 Å². The number of hydrogen-bond donors (Lipinski definition) is 3. The maximum absolute atomic E-state index is 13.8. The van der Waals surface area contributed by atoms with E-state index in [2.05, 4.69) is 9.97 Å². The van der Waals surface area contributed by atoms with Crippen molar-refractivity contribution in [1.29, 1.82) is 0 Å². The van der Waals surface area contributed by atoms with Crippen molar-refractivity contribution in [2.75, 3.05) is 0 Å². The van der Waals surface area contributed by atoms with Crippen LogP contribution in [0.1, 0.15) is 23.9 Å². The maximum Gasteiger partial charge on any atom is 0.429 e. The zero-order valence-electron chi connectivity index (χ0n) is 12.7. The highest BCUT2D eigenvalue weighted by atomic mass is 19.4. The number of hydrogen-bond acceptors (Lipinski definition) is 3. The molecule has 0 spiro atoms. The number of benzene rings is 2. The molecule has 2 aromatic carbocycles. The van der Waals surface area contributed by atoms with Gasteiger partial charge in [0.2, 0.25) is 5.60 Å². The highest BCUT2D eigenvalue weighted by molar-refractivity contribution is 5.75. The standard InChI is InChI=1S/C17H15F3N2O2/c1-2-10-7-8-14(23)11(9-10)16(24,17(18,19)20)15-21-12-5-3-4-6-13(12)22-15/h3-9,23-24H,2H2,1H3,(H,21,22)/t16-/m0/s1. The topological polar surface area (TPSA) is 69.1 Å². The molecule has 3 rings (SSSR count). The predicted octanol–water partition coefficient (Wildman–Crippen LogP) is 3.63. The zero-order chi connectivity index (χ0) is 17.5. The number of aromatic amines is 1. The lowest BCUT2D eigenvalue weighted by atomic mass is 9.89. The number of alkyl halides is 3. The van der Waals surface area contributed by atoms with Crippen molar-refractivity contribution < 1.29 is 23.4 Å². The van der Waals surface area contributed by atoms with Gasteiger partial charge in [-0.05, 0) is 36.2 Å². The number of rotatable bonds is 3. The molecule has 0 saturated heterocycles. The van der Waals surface area contributed by atoms with Crippen LogP contribution in [-0.4, -0.2) is 26.4 Å². The fourth-order valence-electron chi connectivity index (χ4n) is 2.63. The van der Waals surface area contributed by atoms with E-state index in [0.29, 0.717) is 23.0 Å². The lowest BCUT2D eigenvalue weighted by molar-refractivity contribution is -0.251. The molecule has 3 N–H and O–H groups in total. The van der Waals surface area contributed by atoms with E-state index in [4.69, 9.17) is 0 Å². The van der Waals surface area contributed by atoms with Crippen LogP contribution in [0.5, 0.6) is 5.75 Å². The van der Waals surface area contributed by atoms with Gasteiger partial charge < -0.3 is 15.2 Å². The Bertz CT molecular complexity index is 856. The van der Waals surface area contributed by atoms with Gasteiger partial charge in [-0.2, -0.15) is 13.2 Å². The van der Waals surface area contributed by atoms with E-state index < -0.39 is 28.9 Å². The lowest BCUT2D eigenvalue weighted by Gasteiger charge is -2.29. The summed E-state index contributed by atoms with van der Waals surface area (Å²) in [6.45, 7) is 1.77. The fourth-order valence-corrected chi connectivity index (χ4v) is 2.63. The van der Waals surface area contributed by atoms with Crippen LogP contribution in [0.25, 0.3) is 11.0 Å². The van der Waals surface area contributed by atoms with Gasteiger partial charge >= 0.3 is 6.18 Å². The van der Waals surface area contributed by atoms with Gasteiger partial charge in [-0.3, -0.25) is 0 Å². The first-order valence-corrected chi connectivity index (χ1v) is 7.34. The number of aliphatic hydroxyl groups is 1. The van der Waals surface area contributed by atoms with E-state index in [0.717, 1.165) is 12.1 Å². The second-order valence-electron chi connectivity index (χ2n) is 5.52. The molecule has 0 aliphatic rings. The van der Waals surface area contributed by atoms with Crippen molar-refractivity contribution in [2.45, 2.75) is 25.1 Å². The lowest BCUT2D eigenvalue weighted by Crippen LogP contribution is -2.44. The second kappa shape index (κ2) is 5.52. The normalized spacial score (nSPS) is 14.7. The Morgan fingerprint density at radius 2 is 1.83 bits per heavy atom. The molecule has 24 heavy (non-hydrogen) atoms. The fraction of sp³-hybridized carbons (Fsp3) is 0.235. The van der Waals surface area contributed by atoms with E-state index >= 15 is 0 Å². The third kappa shape index (κ3) is 2.41. The Balaban J connectivity index is 2.29. The molecule has 1 aromatic heterocycles. The summed E-state index contributed by atoms with van der Waals surface area (Å²) >= 11 is 0. The molecular formula is C17H15F3N2O2. The molecule has 0 aliphatic carbocycles. The van der Waals surface area contributed by atoms with E-state index in [9.17, 15) is 23.4 Å². The quantitative estimate of drug-likeness (QED) is 0.684. The highest BCUT2D eigenvalue weighted by Crippen LogP contribution is 2.46. The number of aromatic nitrogens is 2. The molecule has 0 fully saturated rings. The summed E-state index contributed by atoms with van der Waals surface area (Å²) in [7, 11) is 0. The van der Waals surface area contributed by atoms with Crippen molar-refractivity contribution in [3.63, 3.8) is 0 Å². The number of aryl methyl sites for hydroxylation is 1. The van der Waals surface area contributed by atoms with Crippen LogP contribution in [0.2, 0.25) is 0 Å². The predicted molar refractivity (Wildman–Crippen MR) is 82.6 cm³/mol. The summed E-state index contributed by atoms with van der Waals surface area (Å²) < 4.78 is 41.4. The van der Waals surface area contributed by atoms with E-state index in [1.165, 1.54) is 12.1 Å². The largest absolute Gasteiger partial charge is 0.508 e.